The van der Waals surface area contributed by atoms with Crippen LogP contribution in [0.5, 0.6) is 5.75 Å². The number of hydrogen-bond acceptors (Lipinski definition) is 5. The van der Waals surface area contributed by atoms with Crippen molar-refractivity contribution < 1.29 is 14.5 Å². The van der Waals surface area contributed by atoms with E-state index in [9.17, 15) is 14.9 Å². The molecule has 2 aromatic carbocycles. The smallest absolute Gasteiger partial charge is 0.292 e. The number of carbonyl (C=O) groups excluding carboxylic acids is 1. The van der Waals surface area contributed by atoms with Crippen molar-refractivity contribution in [2.24, 2.45) is 5.92 Å². The number of carbonyl (C=O) groups is 1. The van der Waals surface area contributed by atoms with E-state index in [1.807, 2.05) is 36.1 Å². The molecule has 1 aliphatic heterocycles. The quantitative estimate of drug-likeness (QED) is 0.607. The lowest BCUT2D eigenvalue weighted by molar-refractivity contribution is -0.384. The number of ether oxygens (including phenoxy) is 1. The zero-order chi connectivity index (χ0) is 20.1. The van der Waals surface area contributed by atoms with Gasteiger partial charge in [0.25, 0.3) is 5.69 Å². The summed E-state index contributed by atoms with van der Waals surface area (Å²) in [6, 6.07) is 14.2. The lowest BCUT2D eigenvalue weighted by Gasteiger charge is -2.33. The zero-order valence-electron chi connectivity index (χ0n) is 16.1. The minimum Gasteiger partial charge on any atom is -0.496 e. The monoisotopic (exact) mass is 383 g/mol. The van der Waals surface area contributed by atoms with Crippen molar-refractivity contribution in [1.29, 1.82) is 0 Å². The molecule has 1 atom stereocenters. The molecule has 2 aromatic rings. The van der Waals surface area contributed by atoms with Gasteiger partial charge in [-0.25, -0.2) is 0 Å². The number of nitrogens with zero attached hydrogens (tertiary/aromatic N) is 2. The van der Waals surface area contributed by atoms with E-state index >= 15 is 0 Å². The Morgan fingerprint density at radius 2 is 1.82 bits per heavy atom. The molecule has 1 saturated heterocycles. The molecular weight excluding hydrogens is 358 g/mol. The zero-order valence-corrected chi connectivity index (χ0v) is 16.1. The average Bonchev–Trinajstić information content (AvgIpc) is 2.73. The van der Waals surface area contributed by atoms with Gasteiger partial charge in [-0.05, 0) is 31.9 Å². The Hall–Kier alpha value is -3.09. The van der Waals surface area contributed by atoms with Gasteiger partial charge in [-0.3, -0.25) is 14.9 Å². The lowest BCUT2D eigenvalue weighted by atomic mass is 9.94. The normalized spacial score (nSPS) is 15.7. The van der Waals surface area contributed by atoms with E-state index in [1.54, 1.807) is 25.3 Å². The molecule has 1 amide bonds. The third-order valence-corrected chi connectivity index (χ3v) is 5.25. The van der Waals surface area contributed by atoms with Crippen molar-refractivity contribution >= 4 is 17.3 Å². The number of amides is 1. The molecule has 1 heterocycles. The van der Waals surface area contributed by atoms with Crippen LogP contribution in [0.15, 0.2) is 48.5 Å². The number of hydrogen-bond donors (Lipinski definition) is 1. The Bertz CT molecular complexity index is 847. The third-order valence-electron chi connectivity index (χ3n) is 5.25. The highest BCUT2D eigenvalue weighted by atomic mass is 16.6. The Labute approximate surface area is 164 Å². The molecule has 148 valence electrons. The second-order valence-electron chi connectivity index (χ2n) is 6.98. The highest BCUT2D eigenvalue weighted by Crippen LogP contribution is 2.31. The minimum absolute atomic E-state index is 0.0145. The molecule has 0 aliphatic carbocycles. The van der Waals surface area contributed by atoms with E-state index in [1.165, 1.54) is 6.07 Å². The van der Waals surface area contributed by atoms with Crippen LogP contribution < -0.4 is 15.0 Å². The Morgan fingerprint density at radius 3 is 2.50 bits per heavy atom. The van der Waals surface area contributed by atoms with Gasteiger partial charge < -0.3 is 15.0 Å². The third kappa shape index (κ3) is 4.24. The molecule has 1 aliphatic rings. The largest absolute Gasteiger partial charge is 0.496 e. The van der Waals surface area contributed by atoms with Crippen molar-refractivity contribution in [2.45, 2.75) is 25.8 Å². The Morgan fingerprint density at radius 1 is 1.18 bits per heavy atom. The molecule has 28 heavy (non-hydrogen) atoms. The van der Waals surface area contributed by atoms with Gasteiger partial charge in [-0.2, -0.15) is 0 Å². The number of nitrogens with one attached hydrogen (secondary N) is 1. The van der Waals surface area contributed by atoms with Crippen LogP contribution in [0.25, 0.3) is 0 Å². The molecule has 0 unspecified atom stereocenters. The first-order valence-corrected chi connectivity index (χ1v) is 9.43. The molecule has 0 radical (unpaired) electrons. The minimum atomic E-state index is -0.358. The fraction of sp³-hybridized carbons (Fsp3) is 0.381. The first-order chi connectivity index (χ1) is 13.5. The number of benzene rings is 2. The van der Waals surface area contributed by atoms with Gasteiger partial charge in [0.2, 0.25) is 5.91 Å². The second-order valence-corrected chi connectivity index (χ2v) is 6.98. The first-order valence-electron chi connectivity index (χ1n) is 9.43. The Balaban J connectivity index is 1.61. The predicted molar refractivity (Wildman–Crippen MR) is 108 cm³/mol. The molecule has 1 fully saturated rings. The van der Waals surface area contributed by atoms with Crippen LogP contribution in [0.2, 0.25) is 0 Å². The number of methoxy groups -OCH3 is 1. The summed E-state index contributed by atoms with van der Waals surface area (Å²) in [6.45, 7) is 3.18. The van der Waals surface area contributed by atoms with Crippen molar-refractivity contribution in [1.82, 2.24) is 5.32 Å². The van der Waals surface area contributed by atoms with Crippen LogP contribution in [0.4, 0.5) is 11.4 Å². The maximum Gasteiger partial charge on any atom is 0.292 e. The summed E-state index contributed by atoms with van der Waals surface area (Å²) in [5, 5.41) is 14.3. The van der Waals surface area contributed by atoms with Crippen LogP contribution in [0.1, 0.15) is 31.4 Å². The molecule has 0 bridgehead atoms. The summed E-state index contributed by atoms with van der Waals surface area (Å²) in [6.07, 6.45) is 1.33. The number of nitro benzene ring substituents is 1. The highest BCUT2D eigenvalue weighted by Gasteiger charge is 2.29. The van der Waals surface area contributed by atoms with Crippen LogP contribution in [0.3, 0.4) is 0 Å². The maximum atomic E-state index is 12.7. The fourth-order valence-electron chi connectivity index (χ4n) is 3.70. The van der Waals surface area contributed by atoms with E-state index < -0.39 is 0 Å². The van der Waals surface area contributed by atoms with Crippen molar-refractivity contribution in [3.8, 4) is 5.75 Å². The SMILES string of the molecule is COc1ccccc1[C@H](C)NC(=O)C1CCN(c2ccccc2[N+](=O)[O-])CC1. The molecular formula is C21H25N3O4. The number of para-hydroxylation sites is 3. The van der Waals surface area contributed by atoms with Crippen LogP contribution in [0, 0.1) is 16.0 Å². The summed E-state index contributed by atoms with van der Waals surface area (Å²) >= 11 is 0. The van der Waals surface area contributed by atoms with E-state index in [-0.39, 0.29) is 28.5 Å². The van der Waals surface area contributed by atoms with Crippen molar-refractivity contribution in [3.05, 3.63) is 64.2 Å². The highest BCUT2D eigenvalue weighted by molar-refractivity contribution is 5.79. The van der Waals surface area contributed by atoms with Gasteiger partial charge in [0.1, 0.15) is 11.4 Å². The number of anilines is 1. The predicted octanol–water partition coefficient (Wildman–Crippen LogP) is 3.70. The topological polar surface area (TPSA) is 84.7 Å². The van der Waals surface area contributed by atoms with Gasteiger partial charge in [0.05, 0.1) is 18.1 Å². The average molecular weight is 383 g/mol. The summed E-state index contributed by atoms with van der Waals surface area (Å²) < 4.78 is 5.37. The van der Waals surface area contributed by atoms with Crippen LogP contribution >= 0.6 is 0 Å². The molecule has 0 spiro atoms. The molecule has 0 saturated carbocycles. The van der Waals surface area contributed by atoms with Gasteiger partial charge in [-0.1, -0.05) is 30.3 Å². The van der Waals surface area contributed by atoms with E-state index in [2.05, 4.69) is 5.32 Å². The summed E-state index contributed by atoms with van der Waals surface area (Å²) in [5.41, 5.74) is 1.67. The first kappa shape index (κ1) is 19.7. The summed E-state index contributed by atoms with van der Waals surface area (Å²) in [7, 11) is 1.62. The molecule has 7 nitrogen and oxygen atoms in total. The Kier molecular flexibility index (Phi) is 6.13. The fourth-order valence-corrected chi connectivity index (χ4v) is 3.70. The standard InChI is InChI=1S/C21H25N3O4/c1-15(17-7-3-6-10-20(17)28-2)22-21(25)16-11-13-23(14-12-16)18-8-4-5-9-19(18)24(26)27/h3-10,15-16H,11-14H2,1-2H3,(H,22,25)/t15-/m0/s1. The molecule has 0 aromatic heterocycles. The van der Waals surface area contributed by atoms with E-state index in [0.717, 1.165) is 11.3 Å². The molecule has 7 heteroatoms. The number of nitro groups is 1. The number of piperidine rings is 1. The lowest BCUT2D eigenvalue weighted by Crippen LogP contribution is -2.41. The van der Waals surface area contributed by atoms with Crippen molar-refractivity contribution in [2.75, 3.05) is 25.1 Å². The van der Waals surface area contributed by atoms with Gasteiger partial charge in [0.15, 0.2) is 0 Å². The maximum absolute atomic E-state index is 12.7. The van der Waals surface area contributed by atoms with Crippen LogP contribution in [-0.4, -0.2) is 31.0 Å². The van der Waals surface area contributed by atoms with E-state index in [4.69, 9.17) is 4.74 Å². The number of rotatable bonds is 6. The van der Waals surface area contributed by atoms with Gasteiger partial charge in [-0.15, -0.1) is 0 Å². The van der Waals surface area contributed by atoms with Crippen molar-refractivity contribution in [3.63, 3.8) is 0 Å². The van der Waals surface area contributed by atoms with Crippen LogP contribution in [-0.2, 0) is 4.79 Å². The molecule has 1 N–H and O–H groups in total. The van der Waals surface area contributed by atoms with E-state index in [0.29, 0.717) is 31.6 Å². The summed E-state index contributed by atoms with van der Waals surface area (Å²) in [5.74, 6) is 0.665. The van der Waals surface area contributed by atoms with Gasteiger partial charge >= 0.3 is 0 Å². The summed E-state index contributed by atoms with van der Waals surface area (Å²) in [4.78, 5) is 25.6. The van der Waals surface area contributed by atoms with Gasteiger partial charge in [0, 0.05) is 30.6 Å². The molecule has 3 rings (SSSR count). The second kappa shape index (κ2) is 8.73.